The van der Waals surface area contributed by atoms with Crippen LogP contribution in [0.4, 0.5) is 0 Å². The topological polar surface area (TPSA) is 22.8 Å². The van der Waals surface area contributed by atoms with E-state index in [-0.39, 0.29) is 0 Å². The van der Waals surface area contributed by atoms with Crippen LogP contribution in [0.25, 0.3) is 132 Å². The van der Waals surface area contributed by atoms with Crippen LogP contribution in [0.2, 0.25) is 0 Å². The molecule has 3 heteroatoms. The molecule has 3 nitrogen and oxygen atoms in total. The van der Waals surface area contributed by atoms with E-state index in [0.717, 1.165) is 61.7 Å². The summed E-state index contributed by atoms with van der Waals surface area (Å²) < 4.78 is 4.81. The first-order chi connectivity index (χ1) is 33.7. The normalized spacial score (nSPS) is 11.8. The van der Waals surface area contributed by atoms with Gasteiger partial charge in [-0.1, -0.05) is 176 Å². The highest BCUT2D eigenvalue weighted by Crippen LogP contribution is 2.42. The van der Waals surface area contributed by atoms with Crippen LogP contribution in [0, 0.1) is 0 Å². The molecule has 0 bridgehead atoms. The highest BCUT2D eigenvalue weighted by Gasteiger charge is 2.19. The van der Waals surface area contributed by atoms with E-state index >= 15 is 0 Å². The van der Waals surface area contributed by atoms with E-state index in [0.29, 0.717) is 0 Å². The van der Waals surface area contributed by atoms with E-state index < -0.39 is 0 Å². The Balaban J connectivity index is 1.03. The van der Waals surface area contributed by atoms with Crippen molar-refractivity contribution in [2.24, 2.45) is 0 Å². The number of hydrogen-bond donors (Lipinski definition) is 0. The lowest BCUT2D eigenvalue weighted by atomic mass is 9.91. The second kappa shape index (κ2) is 15.3. The van der Waals surface area contributed by atoms with Crippen LogP contribution < -0.4 is 0 Å². The Morgan fingerprint density at radius 1 is 0.206 bits per heavy atom. The maximum absolute atomic E-state index is 5.65. The Morgan fingerprint density at radius 3 is 1.22 bits per heavy atom. The lowest BCUT2D eigenvalue weighted by Crippen LogP contribution is -1.98. The van der Waals surface area contributed by atoms with Gasteiger partial charge in [-0.2, -0.15) is 0 Å². The average molecular weight is 864 g/mol. The summed E-state index contributed by atoms with van der Waals surface area (Å²) in [5.41, 5.74) is 15.3. The summed E-state index contributed by atoms with van der Waals surface area (Å²) in [6.45, 7) is 0. The minimum Gasteiger partial charge on any atom is -0.309 e. The third-order valence-corrected chi connectivity index (χ3v) is 14.0. The number of para-hydroxylation sites is 4. The van der Waals surface area contributed by atoms with E-state index in [1.165, 1.54) is 70.4 Å². The number of fused-ring (bicyclic) bond motifs is 12. The molecule has 0 N–H and O–H groups in total. The summed E-state index contributed by atoms with van der Waals surface area (Å²) in [6, 6.07) is 90.7. The molecule has 3 aromatic heterocycles. The van der Waals surface area contributed by atoms with Crippen molar-refractivity contribution in [3.05, 3.63) is 249 Å². The van der Waals surface area contributed by atoms with E-state index in [1.54, 1.807) is 0 Å². The van der Waals surface area contributed by atoms with Crippen molar-refractivity contribution >= 4 is 75.9 Å². The minimum absolute atomic E-state index is 0.908. The fourth-order valence-corrected chi connectivity index (χ4v) is 11.0. The van der Waals surface area contributed by atoms with Crippen LogP contribution in [0.5, 0.6) is 0 Å². The molecule has 3 heterocycles. The van der Waals surface area contributed by atoms with E-state index in [4.69, 9.17) is 4.98 Å². The zero-order chi connectivity index (χ0) is 44.7. The van der Waals surface area contributed by atoms with Gasteiger partial charge >= 0.3 is 0 Å². The molecule has 0 radical (unpaired) electrons. The summed E-state index contributed by atoms with van der Waals surface area (Å²) in [7, 11) is 0. The lowest BCUT2D eigenvalue weighted by molar-refractivity contribution is 1.18. The average Bonchev–Trinajstić information content (AvgIpc) is 3.94. The smallest absolute Gasteiger partial charge is 0.0716 e. The van der Waals surface area contributed by atoms with Crippen molar-refractivity contribution in [1.29, 1.82) is 0 Å². The first-order valence-electron chi connectivity index (χ1n) is 23.4. The monoisotopic (exact) mass is 863 g/mol. The molecule has 0 amide bonds. The highest BCUT2D eigenvalue weighted by atomic mass is 15.0. The predicted molar refractivity (Wildman–Crippen MR) is 287 cm³/mol. The molecule has 316 valence electrons. The Morgan fingerprint density at radius 2 is 0.618 bits per heavy atom. The first kappa shape index (κ1) is 38.2. The van der Waals surface area contributed by atoms with Crippen LogP contribution in [0.1, 0.15) is 0 Å². The summed E-state index contributed by atoms with van der Waals surface area (Å²) in [4.78, 5) is 5.65. The Labute approximate surface area is 393 Å². The predicted octanol–water partition coefficient (Wildman–Crippen LogP) is 17.4. The van der Waals surface area contributed by atoms with Gasteiger partial charge in [0.05, 0.1) is 33.5 Å². The van der Waals surface area contributed by atoms with Gasteiger partial charge < -0.3 is 9.13 Å². The zero-order valence-electron chi connectivity index (χ0n) is 37.0. The van der Waals surface area contributed by atoms with Crippen molar-refractivity contribution < 1.29 is 0 Å². The molecule has 0 spiro atoms. The third-order valence-electron chi connectivity index (χ3n) is 14.0. The molecule has 0 aliphatic heterocycles. The van der Waals surface area contributed by atoms with Gasteiger partial charge in [0.15, 0.2) is 0 Å². The van der Waals surface area contributed by atoms with Gasteiger partial charge in [0, 0.05) is 44.0 Å². The molecule has 14 rings (SSSR count). The summed E-state index contributed by atoms with van der Waals surface area (Å²) in [6.07, 6.45) is 0. The molecule has 0 aliphatic rings. The number of benzene rings is 11. The van der Waals surface area contributed by atoms with E-state index in [2.05, 4.69) is 258 Å². The molecular weight excluding hydrogens is 823 g/mol. The van der Waals surface area contributed by atoms with Crippen molar-refractivity contribution in [3.63, 3.8) is 0 Å². The van der Waals surface area contributed by atoms with Gasteiger partial charge in [0.2, 0.25) is 0 Å². The van der Waals surface area contributed by atoms with Crippen molar-refractivity contribution in [2.45, 2.75) is 0 Å². The van der Waals surface area contributed by atoms with Crippen LogP contribution >= 0.6 is 0 Å². The standard InChI is InChI=1S/C65H41N3/c1-3-17-42(18-4-1)46-39-60(44-32-34-58-57-27-13-14-28-62(57)67(65(58)41-44)48-19-5-2-6-20-48)66-61(40-46)47-35-45(36-49(37-47)68-63-29-15-11-25-55(63)56-26-12-16-30-64(56)68)43-31-33-54-52-23-8-7-21-50(52)51-22-9-10-24-53(51)59(54)38-43/h1-41H. The molecular formula is C65H41N3. The van der Waals surface area contributed by atoms with Crippen LogP contribution in [-0.4, -0.2) is 14.1 Å². The Bertz CT molecular complexity index is 4220. The van der Waals surface area contributed by atoms with Gasteiger partial charge in [-0.25, -0.2) is 4.98 Å². The molecule has 0 unspecified atom stereocenters. The third kappa shape index (κ3) is 6.03. The van der Waals surface area contributed by atoms with Crippen LogP contribution in [0.15, 0.2) is 249 Å². The van der Waals surface area contributed by atoms with Crippen LogP contribution in [0.3, 0.4) is 0 Å². The number of rotatable bonds is 6. The first-order valence-corrected chi connectivity index (χ1v) is 23.4. The van der Waals surface area contributed by atoms with Gasteiger partial charge in [0.25, 0.3) is 0 Å². The maximum Gasteiger partial charge on any atom is 0.0716 e. The van der Waals surface area contributed by atoms with E-state index in [9.17, 15) is 0 Å². The zero-order valence-corrected chi connectivity index (χ0v) is 37.0. The molecule has 0 fully saturated rings. The maximum atomic E-state index is 5.65. The SMILES string of the molecule is c1ccc(-c2cc(-c3cc(-c4ccc5c6ccccc6c6ccccc6c5c4)cc(-n4c5ccccc5c5ccccc54)c3)nc(-c3ccc4c5ccccc5n(-c5ccccc5)c4c3)c2)cc1. The number of hydrogen-bond acceptors (Lipinski definition) is 1. The summed E-state index contributed by atoms with van der Waals surface area (Å²) in [5, 5.41) is 12.5. The Kier molecular flexibility index (Phi) is 8.59. The molecule has 11 aromatic carbocycles. The molecule has 0 atom stereocenters. The van der Waals surface area contributed by atoms with Gasteiger partial charge in [-0.3, -0.25) is 0 Å². The van der Waals surface area contributed by atoms with E-state index in [1.807, 2.05) is 0 Å². The second-order valence-electron chi connectivity index (χ2n) is 17.9. The largest absolute Gasteiger partial charge is 0.309 e. The number of pyridine rings is 1. The molecule has 0 saturated heterocycles. The highest BCUT2D eigenvalue weighted by molar-refractivity contribution is 6.26. The minimum atomic E-state index is 0.908. The summed E-state index contributed by atoms with van der Waals surface area (Å²) in [5.74, 6) is 0. The molecule has 68 heavy (non-hydrogen) atoms. The van der Waals surface area contributed by atoms with Crippen molar-refractivity contribution in [1.82, 2.24) is 14.1 Å². The van der Waals surface area contributed by atoms with Gasteiger partial charge in [-0.05, 0) is 127 Å². The summed E-state index contributed by atoms with van der Waals surface area (Å²) >= 11 is 0. The second-order valence-corrected chi connectivity index (χ2v) is 17.9. The van der Waals surface area contributed by atoms with Gasteiger partial charge in [-0.15, -0.1) is 0 Å². The molecule has 0 aliphatic carbocycles. The Hall–Kier alpha value is -9.05. The molecule has 14 aromatic rings. The molecule has 0 saturated carbocycles. The van der Waals surface area contributed by atoms with Crippen molar-refractivity contribution in [3.8, 4) is 56.1 Å². The number of aromatic nitrogens is 3. The van der Waals surface area contributed by atoms with Crippen molar-refractivity contribution in [2.75, 3.05) is 0 Å². The lowest BCUT2D eigenvalue weighted by Gasteiger charge is -2.16. The van der Waals surface area contributed by atoms with Crippen LogP contribution in [-0.2, 0) is 0 Å². The van der Waals surface area contributed by atoms with Gasteiger partial charge in [0.1, 0.15) is 0 Å². The fourth-order valence-electron chi connectivity index (χ4n) is 11.0. The number of nitrogens with zero attached hydrogens (tertiary/aromatic N) is 3. The fraction of sp³-hybridized carbons (Fsp3) is 0. The quantitative estimate of drug-likeness (QED) is 0.153.